The van der Waals surface area contributed by atoms with E-state index in [4.69, 9.17) is 5.73 Å². The highest BCUT2D eigenvalue weighted by Gasteiger charge is 2.13. The van der Waals surface area contributed by atoms with Gasteiger partial charge in [0, 0.05) is 15.6 Å². The molecule has 0 aliphatic rings. The van der Waals surface area contributed by atoms with Crippen LogP contribution in [0.5, 0.6) is 0 Å². The maximum absolute atomic E-state index is 9.56. The summed E-state index contributed by atoms with van der Waals surface area (Å²) in [4.78, 5) is 4.47. The van der Waals surface area contributed by atoms with Gasteiger partial charge >= 0.3 is 0 Å². The molecule has 3 aromatic carbocycles. The molecule has 0 saturated heterocycles. The molecule has 1 aromatic heterocycles. The number of rotatable bonds is 3. The largest absolute Gasteiger partial charge is 0.383 e. The predicted molar refractivity (Wildman–Crippen MR) is 117 cm³/mol. The number of halogens is 1. The van der Waals surface area contributed by atoms with Crippen LogP contribution in [0, 0.1) is 11.3 Å². The number of nitrogen functional groups attached to an aromatic ring is 1. The molecule has 3 nitrogen and oxygen atoms in total. The maximum atomic E-state index is 9.56. The van der Waals surface area contributed by atoms with E-state index >= 15 is 0 Å². The molecule has 2 N–H and O–H groups in total. The van der Waals surface area contributed by atoms with E-state index in [9.17, 15) is 5.26 Å². The number of anilines is 1. The molecule has 0 saturated carbocycles. The Hall–Kier alpha value is -3.42. The molecule has 0 fully saturated rings. The van der Waals surface area contributed by atoms with Crippen LogP contribution in [0.3, 0.4) is 0 Å². The van der Waals surface area contributed by atoms with E-state index in [1.165, 1.54) is 0 Å². The van der Waals surface area contributed by atoms with Gasteiger partial charge in [0.1, 0.15) is 17.5 Å². The summed E-state index contributed by atoms with van der Waals surface area (Å²) in [5.74, 6) is 0.241. The SMILES string of the molecule is N#Cc1c(-c2ccc(Br)cc2)cc(-c2ccc(-c3ccccc3)cc2)nc1N. The number of aromatic nitrogens is 1. The first-order chi connectivity index (χ1) is 13.7. The second-order valence-electron chi connectivity index (χ2n) is 6.38. The van der Waals surface area contributed by atoms with Crippen LogP contribution < -0.4 is 5.73 Å². The second kappa shape index (κ2) is 7.67. The molecular formula is C24H16BrN3. The molecule has 0 spiro atoms. The Bertz CT molecular complexity index is 1160. The highest BCUT2D eigenvalue weighted by atomic mass is 79.9. The minimum atomic E-state index is 0.241. The van der Waals surface area contributed by atoms with Crippen molar-refractivity contribution in [2.24, 2.45) is 0 Å². The van der Waals surface area contributed by atoms with Gasteiger partial charge in [-0.15, -0.1) is 0 Å². The van der Waals surface area contributed by atoms with E-state index in [0.29, 0.717) is 5.56 Å². The Kier molecular flexibility index (Phi) is 4.92. The summed E-state index contributed by atoms with van der Waals surface area (Å²) in [6, 6.07) is 30.3. The lowest BCUT2D eigenvalue weighted by atomic mass is 9.97. The molecule has 4 rings (SSSR count). The summed E-state index contributed by atoms with van der Waals surface area (Å²) < 4.78 is 0.980. The van der Waals surface area contributed by atoms with Crippen molar-refractivity contribution in [3.63, 3.8) is 0 Å². The smallest absolute Gasteiger partial charge is 0.142 e. The highest BCUT2D eigenvalue weighted by Crippen LogP contribution is 2.32. The zero-order valence-electron chi connectivity index (χ0n) is 14.9. The van der Waals surface area contributed by atoms with Gasteiger partial charge in [-0.3, -0.25) is 0 Å². The van der Waals surface area contributed by atoms with Gasteiger partial charge in [-0.25, -0.2) is 4.98 Å². The van der Waals surface area contributed by atoms with Crippen LogP contribution in [0.2, 0.25) is 0 Å². The van der Waals surface area contributed by atoms with E-state index in [1.54, 1.807) is 0 Å². The van der Waals surface area contributed by atoms with Gasteiger partial charge in [-0.2, -0.15) is 5.26 Å². The summed E-state index contributed by atoms with van der Waals surface area (Å²) >= 11 is 3.44. The lowest BCUT2D eigenvalue weighted by Gasteiger charge is -2.11. The third-order valence-electron chi connectivity index (χ3n) is 4.60. The van der Waals surface area contributed by atoms with Gasteiger partial charge in [0.2, 0.25) is 0 Å². The van der Waals surface area contributed by atoms with E-state index < -0.39 is 0 Å². The van der Waals surface area contributed by atoms with Gasteiger partial charge < -0.3 is 5.73 Å². The molecule has 0 unspecified atom stereocenters. The third kappa shape index (κ3) is 3.53. The quantitative estimate of drug-likeness (QED) is 0.418. The standard InChI is InChI=1S/C24H16BrN3/c25-20-12-10-18(11-13-20)21-14-23(28-24(27)22(21)15-26)19-8-6-17(7-9-19)16-4-2-1-3-5-16/h1-14H,(H2,27,28). The first kappa shape index (κ1) is 18.0. The molecule has 0 atom stereocenters. The molecule has 1 heterocycles. The minimum absolute atomic E-state index is 0.241. The fourth-order valence-corrected chi connectivity index (χ4v) is 3.42. The Morgan fingerprint density at radius 3 is 1.96 bits per heavy atom. The van der Waals surface area contributed by atoms with Gasteiger partial charge in [-0.05, 0) is 34.9 Å². The van der Waals surface area contributed by atoms with Gasteiger partial charge in [0.15, 0.2) is 0 Å². The number of nitrogens with two attached hydrogens (primary N) is 1. The normalized spacial score (nSPS) is 10.4. The van der Waals surface area contributed by atoms with Crippen molar-refractivity contribution in [3.8, 4) is 39.6 Å². The molecule has 28 heavy (non-hydrogen) atoms. The summed E-state index contributed by atoms with van der Waals surface area (Å²) in [6.07, 6.45) is 0. The van der Waals surface area contributed by atoms with Crippen LogP contribution in [0.1, 0.15) is 5.56 Å². The second-order valence-corrected chi connectivity index (χ2v) is 7.29. The van der Waals surface area contributed by atoms with Crippen molar-refractivity contribution in [1.29, 1.82) is 5.26 Å². The number of pyridine rings is 1. The molecular weight excluding hydrogens is 410 g/mol. The fourth-order valence-electron chi connectivity index (χ4n) is 3.15. The molecule has 134 valence electrons. The fraction of sp³-hybridized carbons (Fsp3) is 0. The Morgan fingerprint density at radius 2 is 1.32 bits per heavy atom. The molecule has 0 bridgehead atoms. The van der Waals surface area contributed by atoms with Crippen molar-refractivity contribution >= 4 is 21.7 Å². The number of nitriles is 1. The van der Waals surface area contributed by atoms with Gasteiger partial charge in [-0.1, -0.05) is 82.7 Å². The van der Waals surface area contributed by atoms with Crippen LogP contribution in [-0.4, -0.2) is 4.98 Å². The summed E-state index contributed by atoms with van der Waals surface area (Å²) in [5.41, 5.74) is 12.2. The van der Waals surface area contributed by atoms with Crippen LogP contribution >= 0.6 is 15.9 Å². The predicted octanol–water partition coefficient (Wildman–Crippen LogP) is 6.30. The van der Waals surface area contributed by atoms with Gasteiger partial charge in [0.25, 0.3) is 0 Å². The molecule has 4 aromatic rings. The monoisotopic (exact) mass is 425 g/mol. The lowest BCUT2D eigenvalue weighted by molar-refractivity contribution is 1.31. The van der Waals surface area contributed by atoms with Crippen molar-refractivity contribution in [1.82, 2.24) is 4.98 Å². The maximum Gasteiger partial charge on any atom is 0.142 e. The Balaban J connectivity index is 1.78. The first-order valence-electron chi connectivity index (χ1n) is 8.78. The average molecular weight is 426 g/mol. The topological polar surface area (TPSA) is 62.7 Å². The first-order valence-corrected chi connectivity index (χ1v) is 9.57. The lowest BCUT2D eigenvalue weighted by Crippen LogP contribution is -1.99. The molecule has 4 heteroatoms. The van der Waals surface area contributed by atoms with Crippen LogP contribution in [-0.2, 0) is 0 Å². The van der Waals surface area contributed by atoms with Crippen molar-refractivity contribution in [2.45, 2.75) is 0 Å². The molecule has 0 aliphatic carbocycles. The average Bonchev–Trinajstić information content (AvgIpc) is 2.74. The summed E-state index contributed by atoms with van der Waals surface area (Å²) in [7, 11) is 0. The zero-order valence-corrected chi connectivity index (χ0v) is 16.5. The van der Waals surface area contributed by atoms with Crippen LogP contribution in [0.25, 0.3) is 33.5 Å². The Labute approximate surface area is 172 Å². The van der Waals surface area contributed by atoms with E-state index in [-0.39, 0.29) is 5.82 Å². The molecule has 0 amide bonds. The highest BCUT2D eigenvalue weighted by molar-refractivity contribution is 9.10. The summed E-state index contributed by atoms with van der Waals surface area (Å²) in [5, 5.41) is 9.56. The Morgan fingerprint density at radius 1 is 0.750 bits per heavy atom. The minimum Gasteiger partial charge on any atom is -0.383 e. The number of nitrogens with zero attached hydrogens (tertiary/aromatic N) is 2. The molecule has 0 radical (unpaired) electrons. The number of hydrogen-bond acceptors (Lipinski definition) is 3. The third-order valence-corrected chi connectivity index (χ3v) is 5.13. The van der Waals surface area contributed by atoms with E-state index in [1.807, 2.05) is 60.7 Å². The van der Waals surface area contributed by atoms with Crippen molar-refractivity contribution in [3.05, 3.63) is 95.0 Å². The summed E-state index contributed by atoms with van der Waals surface area (Å²) in [6.45, 7) is 0. The van der Waals surface area contributed by atoms with Crippen molar-refractivity contribution < 1.29 is 0 Å². The molecule has 0 aliphatic heterocycles. The zero-order chi connectivity index (χ0) is 19.5. The van der Waals surface area contributed by atoms with Gasteiger partial charge in [0.05, 0.1) is 5.69 Å². The van der Waals surface area contributed by atoms with Crippen molar-refractivity contribution in [2.75, 3.05) is 5.73 Å². The number of benzene rings is 3. The van der Waals surface area contributed by atoms with Crippen LogP contribution in [0.15, 0.2) is 89.4 Å². The number of hydrogen-bond donors (Lipinski definition) is 1. The van der Waals surface area contributed by atoms with E-state index in [0.717, 1.165) is 38.0 Å². The van der Waals surface area contributed by atoms with E-state index in [2.05, 4.69) is 51.2 Å². The van der Waals surface area contributed by atoms with Crippen LogP contribution in [0.4, 0.5) is 5.82 Å².